The van der Waals surface area contributed by atoms with Gasteiger partial charge >= 0.3 is 0 Å². The van der Waals surface area contributed by atoms with Gasteiger partial charge in [0.2, 0.25) is 11.8 Å². The second kappa shape index (κ2) is 12.7. The number of amides is 2. The number of carbonyl (C=O) groups is 2. The van der Waals surface area contributed by atoms with Crippen LogP contribution in [-0.4, -0.2) is 40.0 Å². The predicted molar refractivity (Wildman–Crippen MR) is 156 cm³/mol. The van der Waals surface area contributed by atoms with Crippen LogP contribution in [0, 0.1) is 0 Å². The van der Waals surface area contributed by atoms with E-state index in [2.05, 4.69) is 15.5 Å². The quantitative estimate of drug-likeness (QED) is 0.171. The number of carbonyl (C=O) groups excluding carboxylic acids is 2. The van der Waals surface area contributed by atoms with Crippen molar-refractivity contribution in [3.05, 3.63) is 95.6 Å². The Bertz CT molecular complexity index is 1530. The highest BCUT2D eigenvalue weighted by atomic mass is 35.5. The van der Waals surface area contributed by atoms with E-state index in [1.165, 1.54) is 29.1 Å². The van der Waals surface area contributed by atoms with Gasteiger partial charge in [0, 0.05) is 22.7 Å². The van der Waals surface area contributed by atoms with E-state index < -0.39 is 5.25 Å². The maximum atomic E-state index is 13.3. The number of amidine groups is 1. The van der Waals surface area contributed by atoms with Crippen LogP contribution in [0.4, 0.5) is 5.69 Å². The van der Waals surface area contributed by atoms with Crippen molar-refractivity contribution >= 4 is 52.2 Å². The number of benzene rings is 2. The van der Waals surface area contributed by atoms with Crippen LogP contribution in [0.3, 0.4) is 0 Å². The fourth-order valence-corrected chi connectivity index (χ4v) is 5.24. The first kappa shape index (κ1) is 27.3. The first-order valence-corrected chi connectivity index (χ1v) is 13.7. The zero-order valence-corrected chi connectivity index (χ0v) is 23.0. The number of rotatable bonds is 10. The number of hydrogen-bond acceptors (Lipinski definition) is 8. The molecule has 0 spiro atoms. The second-order valence-corrected chi connectivity index (χ2v) is 10.3. The van der Waals surface area contributed by atoms with E-state index in [1.54, 1.807) is 54.6 Å². The molecule has 2 aromatic heterocycles. The van der Waals surface area contributed by atoms with Crippen molar-refractivity contribution in [2.24, 2.45) is 10.2 Å². The standard InChI is InChI=1S/C29H25ClN4O5S/c1-2-37-22-10-8-21(9-11-22)32-27(35)16-26-28(36)34(18-24-7-4-14-38-24)29(40-26)33-31-17-23-12-13-25(39-23)19-5-3-6-20(30)15-19/h3-15,17,26H,2,16,18H2,1H3,(H,32,35)/b31-17+,33-29-. The van der Waals surface area contributed by atoms with Crippen LogP contribution in [0.2, 0.25) is 5.02 Å². The molecule has 1 aliphatic heterocycles. The number of nitrogens with one attached hydrogen (secondary N) is 1. The van der Waals surface area contributed by atoms with Gasteiger partial charge in [-0.2, -0.15) is 5.10 Å². The third-order valence-electron chi connectivity index (χ3n) is 5.80. The molecule has 11 heteroatoms. The molecule has 0 aliphatic carbocycles. The molecular formula is C29H25ClN4O5S. The Hall–Kier alpha value is -4.28. The molecule has 1 fully saturated rings. The van der Waals surface area contributed by atoms with Gasteiger partial charge in [-0.25, -0.2) is 0 Å². The molecule has 5 rings (SSSR count). The largest absolute Gasteiger partial charge is 0.494 e. The molecule has 1 atom stereocenters. The Labute approximate surface area is 239 Å². The number of anilines is 1. The lowest BCUT2D eigenvalue weighted by atomic mass is 10.2. The molecule has 40 heavy (non-hydrogen) atoms. The van der Waals surface area contributed by atoms with Crippen LogP contribution in [0.5, 0.6) is 5.75 Å². The number of ether oxygens (including phenoxy) is 1. The van der Waals surface area contributed by atoms with Crippen molar-refractivity contribution in [2.75, 3.05) is 11.9 Å². The monoisotopic (exact) mass is 576 g/mol. The predicted octanol–water partition coefficient (Wildman–Crippen LogP) is 6.45. The first-order valence-electron chi connectivity index (χ1n) is 12.5. The summed E-state index contributed by atoms with van der Waals surface area (Å²) in [5, 5.41) is 11.6. The first-order chi connectivity index (χ1) is 19.5. The summed E-state index contributed by atoms with van der Waals surface area (Å²) < 4.78 is 16.7. The summed E-state index contributed by atoms with van der Waals surface area (Å²) >= 11 is 7.26. The highest BCUT2D eigenvalue weighted by Gasteiger charge is 2.39. The lowest BCUT2D eigenvalue weighted by molar-refractivity contribution is -0.128. The van der Waals surface area contributed by atoms with Crippen molar-refractivity contribution in [1.29, 1.82) is 0 Å². The van der Waals surface area contributed by atoms with Gasteiger partial charge in [-0.15, -0.1) is 5.10 Å². The maximum Gasteiger partial charge on any atom is 0.243 e. The molecule has 4 aromatic rings. The molecule has 2 amide bonds. The normalized spacial score (nSPS) is 16.2. The molecule has 0 saturated carbocycles. The van der Waals surface area contributed by atoms with Gasteiger partial charge in [0.15, 0.2) is 5.17 Å². The summed E-state index contributed by atoms with van der Waals surface area (Å²) in [6.45, 7) is 2.63. The zero-order valence-electron chi connectivity index (χ0n) is 21.5. The minimum atomic E-state index is -0.662. The average molecular weight is 577 g/mol. The van der Waals surface area contributed by atoms with E-state index >= 15 is 0 Å². The Balaban J connectivity index is 1.27. The number of halogens is 1. The van der Waals surface area contributed by atoms with Gasteiger partial charge in [0.1, 0.15) is 28.3 Å². The van der Waals surface area contributed by atoms with E-state index in [0.717, 1.165) is 5.56 Å². The van der Waals surface area contributed by atoms with Crippen LogP contribution < -0.4 is 10.1 Å². The molecule has 3 heterocycles. The molecule has 1 saturated heterocycles. The molecule has 0 bridgehead atoms. The molecule has 204 valence electrons. The summed E-state index contributed by atoms with van der Waals surface area (Å²) in [5.41, 5.74) is 1.46. The Kier molecular flexibility index (Phi) is 8.68. The summed E-state index contributed by atoms with van der Waals surface area (Å²) in [4.78, 5) is 27.5. The van der Waals surface area contributed by atoms with Crippen molar-refractivity contribution in [3.63, 3.8) is 0 Å². The van der Waals surface area contributed by atoms with Crippen LogP contribution in [0.25, 0.3) is 11.3 Å². The summed E-state index contributed by atoms with van der Waals surface area (Å²) in [6.07, 6.45) is 2.96. The number of nitrogens with zero attached hydrogens (tertiary/aromatic N) is 3. The van der Waals surface area contributed by atoms with E-state index in [4.69, 9.17) is 25.2 Å². The van der Waals surface area contributed by atoms with Crippen molar-refractivity contribution in [1.82, 2.24) is 4.90 Å². The molecule has 1 N–H and O–H groups in total. The van der Waals surface area contributed by atoms with Gasteiger partial charge in [0.05, 0.1) is 25.6 Å². The van der Waals surface area contributed by atoms with E-state index in [-0.39, 0.29) is 24.8 Å². The summed E-state index contributed by atoms with van der Waals surface area (Å²) in [5.74, 6) is 1.88. The number of thioether (sulfide) groups is 1. The molecule has 2 aromatic carbocycles. The smallest absolute Gasteiger partial charge is 0.243 e. The Morgan fingerprint density at radius 2 is 2.00 bits per heavy atom. The van der Waals surface area contributed by atoms with Crippen LogP contribution in [0.15, 0.2) is 98.1 Å². The topological polar surface area (TPSA) is 110 Å². The van der Waals surface area contributed by atoms with E-state index in [1.807, 2.05) is 25.1 Å². The van der Waals surface area contributed by atoms with Crippen molar-refractivity contribution in [2.45, 2.75) is 25.1 Å². The number of hydrogen-bond donors (Lipinski definition) is 1. The lowest BCUT2D eigenvalue weighted by Crippen LogP contribution is -2.33. The summed E-state index contributed by atoms with van der Waals surface area (Å²) in [6, 6.07) is 21.5. The molecular weight excluding hydrogens is 552 g/mol. The fourth-order valence-electron chi connectivity index (χ4n) is 3.96. The zero-order chi connectivity index (χ0) is 27.9. The third kappa shape index (κ3) is 6.83. The molecule has 1 aliphatic rings. The van der Waals surface area contributed by atoms with Crippen molar-refractivity contribution < 1.29 is 23.2 Å². The van der Waals surface area contributed by atoms with Gasteiger partial charge < -0.3 is 18.9 Å². The maximum absolute atomic E-state index is 13.3. The average Bonchev–Trinajstić information content (AvgIpc) is 3.69. The van der Waals surface area contributed by atoms with E-state index in [0.29, 0.717) is 45.5 Å². The minimum absolute atomic E-state index is 0.0325. The second-order valence-electron chi connectivity index (χ2n) is 8.66. The molecule has 0 radical (unpaired) electrons. The molecule has 9 nitrogen and oxygen atoms in total. The summed E-state index contributed by atoms with van der Waals surface area (Å²) in [7, 11) is 0. The van der Waals surface area contributed by atoms with Crippen molar-refractivity contribution in [3.8, 4) is 17.1 Å². The minimum Gasteiger partial charge on any atom is -0.494 e. The van der Waals surface area contributed by atoms with Crippen LogP contribution in [-0.2, 0) is 16.1 Å². The molecule has 1 unspecified atom stereocenters. The van der Waals surface area contributed by atoms with Gasteiger partial charge in [0.25, 0.3) is 0 Å². The van der Waals surface area contributed by atoms with Crippen LogP contribution in [0.1, 0.15) is 24.9 Å². The highest BCUT2D eigenvalue weighted by molar-refractivity contribution is 8.15. The van der Waals surface area contributed by atoms with Gasteiger partial charge in [-0.3, -0.25) is 14.5 Å². The lowest BCUT2D eigenvalue weighted by Gasteiger charge is -2.14. The Morgan fingerprint density at radius 1 is 1.15 bits per heavy atom. The van der Waals surface area contributed by atoms with Gasteiger partial charge in [-0.1, -0.05) is 35.5 Å². The third-order valence-corrected chi connectivity index (χ3v) is 7.20. The highest BCUT2D eigenvalue weighted by Crippen LogP contribution is 2.32. The number of furan rings is 2. The van der Waals surface area contributed by atoms with Gasteiger partial charge in [-0.05, 0) is 67.6 Å². The van der Waals surface area contributed by atoms with Crippen LogP contribution >= 0.6 is 23.4 Å². The Morgan fingerprint density at radius 3 is 2.75 bits per heavy atom. The fraction of sp³-hybridized carbons (Fsp3) is 0.172. The van der Waals surface area contributed by atoms with E-state index in [9.17, 15) is 9.59 Å². The SMILES string of the molecule is CCOc1ccc(NC(=O)CC2S/C(=N\N=C\c3ccc(-c4cccc(Cl)c4)o3)N(Cc3ccco3)C2=O)cc1.